The van der Waals surface area contributed by atoms with Crippen LogP contribution in [-0.4, -0.2) is 4.92 Å². The van der Waals surface area contributed by atoms with Crippen LogP contribution in [0.3, 0.4) is 0 Å². The van der Waals surface area contributed by atoms with Gasteiger partial charge in [0.2, 0.25) is 0 Å². The summed E-state index contributed by atoms with van der Waals surface area (Å²) in [5.41, 5.74) is 7.97. The van der Waals surface area contributed by atoms with E-state index in [0.29, 0.717) is 6.54 Å². The quantitative estimate of drug-likeness (QED) is 0.684. The van der Waals surface area contributed by atoms with Crippen LogP contribution < -0.4 is 5.73 Å². The minimum Gasteiger partial charge on any atom is -0.326 e. The summed E-state index contributed by atoms with van der Waals surface area (Å²) in [6.07, 6.45) is 0. The summed E-state index contributed by atoms with van der Waals surface area (Å²) in [4.78, 5) is 12.3. The fourth-order valence-electron chi connectivity index (χ4n) is 1.72. The maximum atomic E-state index is 10.6. The van der Waals surface area contributed by atoms with Gasteiger partial charge in [0.05, 0.1) is 4.92 Å². The molecule has 98 valence electrons. The molecule has 0 atom stereocenters. The number of nitro benzene ring substituents is 1. The molecule has 2 aromatic carbocycles. The zero-order valence-corrected chi connectivity index (χ0v) is 11.3. The molecule has 19 heavy (non-hydrogen) atoms. The van der Waals surface area contributed by atoms with Gasteiger partial charge in [-0.2, -0.15) is 0 Å². The molecule has 4 nitrogen and oxygen atoms in total. The Labute approximate surface area is 115 Å². The van der Waals surface area contributed by atoms with Crippen molar-refractivity contribution in [2.24, 2.45) is 5.73 Å². The summed E-state index contributed by atoms with van der Waals surface area (Å²) in [5, 5.41) is 10.6. The predicted molar refractivity (Wildman–Crippen MR) is 76.3 cm³/mol. The highest BCUT2D eigenvalue weighted by molar-refractivity contribution is 7.99. The van der Waals surface area contributed by atoms with Gasteiger partial charge in [-0.15, -0.1) is 0 Å². The van der Waals surface area contributed by atoms with Crippen LogP contribution in [-0.2, 0) is 6.54 Å². The number of non-ortho nitro benzene ring substituents is 1. The van der Waals surface area contributed by atoms with Crippen molar-refractivity contribution < 1.29 is 4.92 Å². The second kappa shape index (κ2) is 5.86. The molecule has 2 rings (SSSR count). The van der Waals surface area contributed by atoms with E-state index in [1.165, 1.54) is 12.1 Å². The van der Waals surface area contributed by atoms with E-state index in [2.05, 4.69) is 6.07 Å². The number of nitro groups is 1. The molecule has 0 aliphatic carbocycles. The van der Waals surface area contributed by atoms with E-state index >= 15 is 0 Å². The molecule has 2 aromatic rings. The van der Waals surface area contributed by atoms with E-state index in [1.807, 2.05) is 19.1 Å². The van der Waals surface area contributed by atoms with Crippen molar-refractivity contribution in [2.75, 3.05) is 0 Å². The van der Waals surface area contributed by atoms with Gasteiger partial charge in [0.25, 0.3) is 5.69 Å². The third-order valence-electron chi connectivity index (χ3n) is 2.75. The molecule has 0 fully saturated rings. The predicted octanol–water partition coefficient (Wildman–Crippen LogP) is 3.51. The van der Waals surface area contributed by atoms with Crippen molar-refractivity contribution in [3.63, 3.8) is 0 Å². The van der Waals surface area contributed by atoms with Crippen LogP contribution in [0.1, 0.15) is 11.1 Å². The molecule has 0 saturated carbocycles. The number of aryl methyl sites for hydroxylation is 1. The van der Waals surface area contributed by atoms with Crippen LogP contribution in [0.5, 0.6) is 0 Å². The maximum absolute atomic E-state index is 10.6. The molecular weight excluding hydrogens is 260 g/mol. The largest absolute Gasteiger partial charge is 0.326 e. The van der Waals surface area contributed by atoms with Gasteiger partial charge in [0.1, 0.15) is 0 Å². The third kappa shape index (κ3) is 3.33. The number of hydrogen-bond acceptors (Lipinski definition) is 4. The Morgan fingerprint density at radius 2 is 1.89 bits per heavy atom. The molecule has 0 amide bonds. The first-order valence-electron chi connectivity index (χ1n) is 5.82. The van der Waals surface area contributed by atoms with Gasteiger partial charge >= 0.3 is 0 Å². The first-order valence-corrected chi connectivity index (χ1v) is 6.63. The van der Waals surface area contributed by atoms with Crippen LogP contribution in [0, 0.1) is 17.0 Å². The van der Waals surface area contributed by atoms with Gasteiger partial charge in [0, 0.05) is 28.5 Å². The highest BCUT2D eigenvalue weighted by Crippen LogP contribution is 2.31. The van der Waals surface area contributed by atoms with Crippen LogP contribution in [0.2, 0.25) is 0 Å². The lowest BCUT2D eigenvalue weighted by molar-refractivity contribution is -0.384. The standard InChI is InChI=1S/C14H14N2O2S/c1-10-8-11(9-15)2-7-14(10)19-13-5-3-12(4-6-13)16(17)18/h2-8H,9,15H2,1H3. The van der Waals surface area contributed by atoms with Crippen molar-refractivity contribution in [1.82, 2.24) is 0 Å². The van der Waals surface area contributed by atoms with Gasteiger partial charge in [-0.05, 0) is 36.2 Å². The van der Waals surface area contributed by atoms with Gasteiger partial charge in [-0.1, -0.05) is 23.9 Å². The highest BCUT2D eigenvalue weighted by atomic mass is 32.2. The van der Waals surface area contributed by atoms with Gasteiger partial charge in [-0.25, -0.2) is 0 Å². The fraction of sp³-hybridized carbons (Fsp3) is 0.143. The Morgan fingerprint density at radius 1 is 1.21 bits per heavy atom. The summed E-state index contributed by atoms with van der Waals surface area (Å²) in [6.45, 7) is 2.57. The summed E-state index contributed by atoms with van der Waals surface area (Å²) in [6, 6.07) is 12.7. The summed E-state index contributed by atoms with van der Waals surface area (Å²) in [7, 11) is 0. The van der Waals surface area contributed by atoms with E-state index in [-0.39, 0.29) is 5.69 Å². The van der Waals surface area contributed by atoms with Gasteiger partial charge < -0.3 is 5.73 Å². The van der Waals surface area contributed by atoms with Gasteiger partial charge in [-0.3, -0.25) is 10.1 Å². The maximum Gasteiger partial charge on any atom is 0.269 e. The average molecular weight is 274 g/mol. The molecule has 0 heterocycles. The lowest BCUT2D eigenvalue weighted by atomic mass is 10.1. The molecule has 0 aliphatic heterocycles. The molecule has 0 aliphatic rings. The fourth-order valence-corrected chi connectivity index (χ4v) is 2.60. The minimum absolute atomic E-state index is 0.111. The Hall–Kier alpha value is -1.85. The Kier molecular flexibility index (Phi) is 4.19. The van der Waals surface area contributed by atoms with Crippen molar-refractivity contribution >= 4 is 17.4 Å². The molecule has 0 saturated heterocycles. The molecule has 0 aromatic heterocycles. The lowest BCUT2D eigenvalue weighted by Gasteiger charge is -2.07. The van der Waals surface area contributed by atoms with Crippen LogP contribution >= 0.6 is 11.8 Å². The molecule has 5 heteroatoms. The summed E-state index contributed by atoms with van der Waals surface area (Å²) in [5.74, 6) is 0. The molecule has 0 unspecified atom stereocenters. The van der Waals surface area contributed by atoms with Crippen molar-refractivity contribution in [3.8, 4) is 0 Å². The van der Waals surface area contributed by atoms with E-state index in [4.69, 9.17) is 5.73 Å². The molecule has 0 radical (unpaired) electrons. The van der Waals surface area contributed by atoms with Crippen LogP contribution in [0.25, 0.3) is 0 Å². The number of nitrogens with two attached hydrogens (primary N) is 1. The first-order chi connectivity index (χ1) is 9.10. The van der Waals surface area contributed by atoms with E-state index in [1.54, 1.807) is 23.9 Å². The number of nitrogens with zero attached hydrogens (tertiary/aromatic N) is 1. The Balaban J connectivity index is 2.19. The first kappa shape index (κ1) is 13.6. The second-order valence-electron chi connectivity index (χ2n) is 4.16. The molecule has 2 N–H and O–H groups in total. The van der Waals surface area contributed by atoms with E-state index in [0.717, 1.165) is 20.9 Å². The van der Waals surface area contributed by atoms with Crippen LogP contribution in [0.15, 0.2) is 52.3 Å². The molecule has 0 spiro atoms. The third-order valence-corrected chi connectivity index (χ3v) is 3.94. The average Bonchev–Trinajstić information content (AvgIpc) is 2.41. The number of rotatable bonds is 4. The van der Waals surface area contributed by atoms with Crippen molar-refractivity contribution in [2.45, 2.75) is 23.3 Å². The molecular formula is C14H14N2O2S. The highest BCUT2D eigenvalue weighted by Gasteiger charge is 2.06. The van der Waals surface area contributed by atoms with E-state index < -0.39 is 4.92 Å². The smallest absolute Gasteiger partial charge is 0.269 e. The lowest BCUT2D eigenvalue weighted by Crippen LogP contribution is -1.96. The second-order valence-corrected chi connectivity index (χ2v) is 5.27. The monoisotopic (exact) mass is 274 g/mol. The minimum atomic E-state index is -0.393. The SMILES string of the molecule is Cc1cc(CN)ccc1Sc1ccc([N+](=O)[O-])cc1. The zero-order chi connectivity index (χ0) is 13.8. The zero-order valence-electron chi connectivity index (χ0n) is 10.5. The van der Waals surface area contributed by atoms with Crippen LogP contribution in [0.4, 0.5) is 5.69 Å². The van der Waals surface area contributed by atoms with Gasteiger partial charge in [0.15, 0.2) is 0 Å². The molecule has 0 bridgehead atoms. The number of hydrogen-bond donors (Lipinski definition) is 1. The number of benzene rings is 2. The Bertz CT molecular complexity index is 597. The van der Waals surface area contributed by atoms with E-state index in [9.17, 15) is 10.1 Å². The Morgan fingerprint density at radius 3 is 2.42 bits per heavy atom. The summed E-state index contributed by atoms with van der Waals surface area (Å²) < 4.78 is 0. The normalized spacial score (nSPS) is 10.4. The van der Waals surface area contributed by atoms with Crippen molar-refractivity contribution in [3.05, 3.63) is 63.7 Å². The van der Waals surface area contributed by atoms with Crippen molar-refractivity contribution in [1.29, 1.82) is 0 Å². The summed E-state index contributed by atoms with van der Waals surface area (Å²) >= 11 is 1.59. The topological polar surface area (TPSA) is 69.2 Å².